The molecule has 2 aliphatic rings. The van der Waals surface area contributed by atoms with Crippen LogP contribution in [0.4, 0.5) is 0 Å². The van der Waals surface area contributed by atoms with Gasteiger partial charge in [-0.15, -0.1) is 0 Å². The van der Waals surface area contributed by atoms with Crippen molar-refractivity contribution in [2.45, 2.75) is 20.3 Å². The zero-order chi connectivity index (χ0) is 18.7. The maximum absolute atomic E-state index is 13.0. The predicted molar refractivity (Wildman–Crippen MR) is 96.3 cm³/mol. The van der Waals surface area contributed by atoms with Crippen LogP contribution in [-0.2, 0) is 11.2 Å². The van der Waals surface area contributed by atoms with Crippen molar-refractivity contribution in [3.63, 3.8) is 0 Å². The fourth-order valence-electron chi connectivity index (χ4n) is 3.55. The molecule has 3 rings (SSSR count). The summed E-state index contributed by atoms with van der Waals surface area (Å²) in [5, 5.41) is 13.9. The molecule has 26 heavy (non-hydrogen) atoms. The Hall–Kier alpha value is -2.48. The van der Waals surface area contributed by atoms with Gasteiger partial charge in [-0.2, -0.15) is 0 Å². The van der Waals surface area contributed by atoms with Crippen molar-refractivity contribution in [1.82, 2.24) is 9.80 Å². The Morgan fingerprint density at radius 1 is 1.35 bits per heavy atom. The number of amides is 1. The zero-order valence-electron chi connectivity index (χ0n) is 15.1. The Kier molecular flexibility index (Phi) is 5.51. The van der Waals surface area contributed by atoms with Gasteiger partial charge < -0.3 is 9.64 Å². The van der Waals surface area contributed by atoms with E-state index in [-0.39, 0.29) is 17.8 Å². The van der Waals surface area contributed by atoms with E-state index in [4.69, 9.17) is 4.74 Å². The van der Waals surface area contributed by atoms with Crippen LogP contribution in [0.2, 0.25) is 0 Å². The molecule has 1 aromatic carbocycles. The molecule has 0 saturated carbocycles. The minimum absolute atomic E-state index is 0.130. The first-order chi connectivity index (χ1) is 12.5. The van der Waals surface area contributed by atoms with Gasteiger partial charge in [0.1, 0.15) is 5.10 Å². The van der Waals surface area contributed by atoms with E-state index in [1.165, 1.54) is 4.90 Å². The van der Waals surface area contributed by atoms with Crippen molar-refractivity contribution in [3.05, 3.63) is 45.5 Å². The van der Waals surface area contributed by atoms with Crippen LogP contribution in [-0.4, -0.2) is 59.5 Å². The highest BCUT2D eigenvalue weighted by molar-refractivity contribution is 6.07. The van der Waals surface area contributed by atoms with Gasteiger partial charge in [-0.05, 0) is 24.0 Å². The van der Waals surface area contributed by atoms with Crippen LogP contribution in [0, 0.1) is 22.0 Å². The number of nitrogens with zero attached hydrogens (tertiary/aromatic N) is 4. The lowest BCUT2D eigenvalue weighted by atomic mass is 9.98. The molecule has 140 valence electrons. The minimum Gasteiger partial charge on any atom is -0.381 e. The maximum Gasteiger partial charge on any atom is 0.281 e. The summed E-state index contributed by atoms with van der Waals surface area (Å²) in [6, 6.07) is 7.37. The number of ether oxygens (including phenoxy) is 1. The second-order valence-electron chi connectivity index (χ2n) is 6.83. The highest BCUT2D eigenvalue weighted by Gasteiger charge is 2.37. The van der Waals surface area contributed by atoms with Crippen LogP contribution in [0.15, 0.2) is 29.4 Å². The normalized spacial score (nSPS) is 24.5. The lowest BCUT2D eigenvalue weighted by Gasteiger charge is -2.24. The molecule has 2 fully saturated rings. The standard InChI is InChI=1S/C18H24N4O4/c1-3-14-6-4-5-7-16(14)17(23)21-9-8-20(18(21)19-22(24)25)10-15-12-26-11-13(15)2/h4-7,13,15H,3,8-12H2,1-2H3. The highest BCUT2D eigenvalue weighted by atomic mass is 16.7. The summed E-state index contributed by atoms with van der Waals surface area (Å²) in [6.45, 7) is 6.96. The summed E-state index contributed by atoms with van der Waals surface area (Å²) in [4.78, 5) is 27.4. The monoisotopic (exact) mass is 360 g/mol. The molecule has 8 nitrogen and oxygen atoms in total. The average Bonchev–Trinajstić information content (AvgIpc) is 3.21. The molecule has 0 spiro atoms. The maximum atomic E-state index is 13.0. The SMILES string of the molecule is CCc1ccccc1C(=O)N1CCN(CC2COCC2C)C1=N[N+](=O)[O-]. The third-order valence-electron chi connectivity index (χ3n) is 5.14. The lowest BCUT2D eigenvalue weighted by Crippen LogP contribution is -2.41. The van der Waals surface area contributed by atoms with Crippen molar-refractivity contribution in [3.8, 4) is 0 Å². The van der Waals surface area contributed by atoms with E-state index >= 15 is 0 Å². The molecule has 2 heterocycles. The quantitative estimate of drug-likeness (QED) is 0.590. The molecule has 2 unspecified atom stereocenters. The van der Waals surface area contributed by atoms with Gasteiger partial charge in [0.05, 0.1) is 6.61 Å². The number of aryl methyl sites for hydroxylation is 1. The van der Waals surface area contributed by atoms with Crippen molar-refractivity contribution in [2.75, 3.05) is 32.8 Å². The molecular formula is C18H24N4O4. The molecule has 2 aliphatic heterocycles. The van der Waals surface area contributed by atoms with Crippen LogP contribution >= 0.6 is 0 Å². The van der Waals surface area contributed by atoms with Gasteiger partial charge in [-0.1, -0.05) is 32.0 Å². The Morgan fingerprint density at radius 2 is 2.12 bits per heavy atom. The fourth-order valence-corrected chi connectivity index (χ4v) is 3.55. The van der Waals surface area contributed by atoms with Crippen molar-refractivity contribution < 1.29 is 14.6 Å². The third-order valence-corrected chi connectivity index (χ3v) is 5.14. The molecule has 2 saturated heterocycles. The summed E-state index contributed by atoms with van der Waals surface area (Å²) >= 11 is 0. The molecule has 0 bridgehead atoms. The number of carbonyl (C=O) groups is 1. The Morgan fingerprint density at radius 3 is 2.77 bits per heavy atom. The molecule has 1 aromatic rings. The zero-order valence-corrected chi connectivity index (χ0v) is 15.1. The molecule has 1 amide bonds. The van der Waals surface area contributed by atoms with E-state index in [9.17, 15) is 14.9 Å². The van der Waals surface area contributed by atoms with Gasteiger partial charge in [-0.25, -0.2) is 10.1 Å². The van der Waals surface area contributed by atoms with Crippen LogP contribution < -0.4 is 0 Å². The summed E-state index contributed by atoms with van der Waals surface area (Å²) in [5.41, 5.74) is 1.50. The Balaban J connectivity index is 1.84. The second kappa shape index (κ2) is 7.82. The van der Waals surface area contributed by atoms with E-state index in [0.29, 0.717) is 44.3 Å². The number of hydrogen-bond donors (Lipinski definition) is 0. The topological polar surface area (TPSA) is 88.3 Å². The number of nitro groups is 1. The van der Waals surface area contributed by atoms with Gasteiger partial charge >= 0.3 is 0 Å². The summed E-state index contributed by atoms with van der Waals surface area (Å²) in [6.07, 6.45) is 0.720. The van der Waals surface area contributed by atoms with Crippen LogP contribution in [0.3, 0.4) is 0 Å². The summed E-state index contributed by atoms with van der Waals surface area (Å²) in [5.74, 6) is 0.564. The summed E-state index contributed by atoms with van der Waals surface area (Å²) in [7, 11) is 0. The smallest absolute Gasteiger partial charge is 0.281 e. The Bertz CT molecular complexity index is 721. The van der Waals surface area contributed by atoms with E-state index in [1.54, 1.807) is 6.07 Å². The first-order valence-electron chi connectivity index (χ1n) is 8.96. The fraction of sp³-hybridized carbons (Fsp3) is 0.556. The molecule has 0 radical (unpaired) electrons. The summed E-state index contributed by atoms with van der Waals surface area (Å²) < 4.78 is 5.49. The third kappa shape index (κ3) is 3.70. The first kappa shape index (κ1) is 18.3. The largest absolute Gasteiger partial charge is 0.381 e. The van der Waals surface area contributed by atoms with E-state index in [1.807, 2.05) is 30.0 Å². The van der Waals surface area contributed by atoms with E-state index < -0.39 is 5.03 Å². The number of rotatable bonds is 5. The first-order valence-corrected chi connectivity index (χ1v) is 8.96. The molecule has 0 aromatic heterocycles. The number of benzene rings is 1. The number of hydrazone groups is 1. The van der Waals surface area contributed by atoms with Crippen LogP contribution in [0.5, 0.6) is 0 Å². The lowest BCUT2D eigenvalue weighted by molar-refractivity contribution is -0.486. The minimum atomic E-state index is -0.728. The molecule has 2 atom stereocenters. The number of hydrogen-bond acceptors (Lipinski definition) is 4. The average molecular weight is 360 g/mol. The number of guanidine groups is 1. The predicted octanol–water partition coefficient (Wildman–Crippen LogP) is 1.84. The second-order valence-corrected chi connectivity index (χ2v) is 6.83. The van der Waals surface area contributed by atoms with Crippen molar-refractivity contribution in [2.24, 2.45) is 16.9 Å². The molecular weight excluding hydrogens is 336 g/mol. The Labute approximate surface area is 152 Å². The van der Waals surface area contributed by atoms with Gasteiger partial charge in [0.25, 0.3) is 11.9 Å². The van der Waals surface area contributed by atoms with E-state index in [2.05, 4.69) is 12.0 Å². The van der Waals surface area contributed by atoms with E-state index in [0.717, 1.165) is 12.0 Å². The van der Waals surface area contributed by atoms with Crippen molar-refractivity contribution in [1.29, 1.82) is 0 Å². The molecule has 8 heteroatoms. The number of carbonyl (C=O) groups excluding carboxylic acids is 1. The van der Waals surface area contributed by atoms with Crippen LogP contribution in [0.25, 0.3) is 0 Å². The highest BCUT2D eigenvalue weighted by Crippen LogP contribution is 2.24. The molecule has 0 N–H and O–H groups in total. The molecule has 0 aliphatic carbocycles. The van der Waals surface area contributed by atoms with Crippen LogP contribution in [0.1, 0.15) is 29.8 Å². The van der Waals surface area contributed by atoms with Gasteiger partial charge in [-0.3, -0.25) is 9.69 Å². The van der Waals surface area contributed by atoms with Crippen molar-refractivity contribution >= 4 is 11.9 Å². The van der Waals surface area contributed by atoms with Gasteiger partial charge in [0.15, 0.2) is 5.03 Å². The van der Waals surface area contributed by atoms with Gasteiger partial charge in [0, 0.05) is 37.7 Å². The van der Waals surface area contributed by atoms with Gasteiger partial charge in [0.2, 0.25) is 0 Å².